The van der Waals surface area contributed by atoms with E-state index >= 15 is 0 Å². The molecule has 0 saturated carbocycles. The van der Waals surface area contributed by atoms with Crippen molar-refractivity contribution in [3.05, 3.63) is 30.1 Å². The summed E-state index contributed by atoms with van der Waals surface area (Å²) in [5, 5.41) is 22.2. The van der Waals surface area contributed by atoms with Gasteiger partial charge in [0.2, 0.25) is 5.91 Å². The monoisotopic (exact) mass is 307 g/mol. The maximum Gasteiger partial charge on any atom is 0.313 e. The third-order valence-corrected chi connectivity index (χ3v) is 3.48. The number of carboxylic acid groups (broad SMARTS) is 1. The Balaban J connectivity index is 2.04. The number of carbonyl (C=O) groups excluding carboxylic acids is 1. The van der Waals surface area contributed by atoms with Crippen LogP contribution in [0.3, 0.4) is 0 Å². The summed E-state index contributed by atoms with van der Waals surface area (Å²) < 4.78 is 1.48. The molecular weight excluding hydrogens is 294 g/mol. The maximum absolute atomic E-state index is 11.8. The summed E-state index contributed by atoms with van der Waals surface area (Å²) >= 11 is 1.05. The fourth-order valence-electron chi connectivity index (χ4n) is 1.58. The molecule has 0 aliphatic heterocycles. The Morgan fingerprint density at radius 2 is 2.19 bits per heavy atom. The number of amides is 1. The predicted molar refractivity (Wildman–Crippen MR) is 77.5 cm³/mol. The highest BCUT2D eigenvalue weighted by molar-refractivity contribution is 8.00. The normalized spacial score (nSPS) is 10.3. The van der Waals surface area contributed by atoms with Gasteiger partial charge in [-0.3, -0.25) is 9.59 Å². The van der Waals surface area contributed by atoms with E-state index in [4.69, 9.17) is 5.11 Å². The minimum absolute atomic E-state index is 0.0842. The first-order chi connectivity index (χ1) is 10.1. The van der Waals surface area contributed by atoms with E-state index in [1.165, 1.54) is 11.0 Å². The fraction of sp³-hybridized carbons (Fsp3) is 0.250. The number of aliphatic carboxylic acids is 1. The van der Waals surface area contributed by atoms with Crippen LogP contribution in [0, 0.1) is 6.92 Å². The maximum atomic E-state index is 11.8. The van der Waals surface area contributed by atoms with Crippen LogP contribution in [-0.4, -0.2) is 48.7 Å². The van der Waals surface area contributed by atoms with Crippen molar-refractivity contribution in [3.8, 4) is 5.69 Å². The average molecular weight is 307 g/mol. The Morgan fingerprint density at radius 3 is 2.86 bits per heavy atom. The standard InChI is InChI=1S/C12H13N5O3S/c1-8-2-3-9(17-7-13-15-16-17)4-10(8)14-11(18)5-21-6-12(19)20/h2-4,7H,5-6H2,1H3,(H,14,18)(H,19,20). The molecular formula is C12H13N5O3S. The number of thioether (sulfide) groups is 1. The summed E-state index contributed by atoms with van der Waals surface area (Å²) in [6.07, 6.45) is 1.46. The number of hydrogen-bond donors (Lipinski definition) is 2. The molecule has 1 amide bonds. The van der Waals surface area contributed by atoms with Crippen LogP contribution in [0.4, 0.5) is 5.69 Å². The number of aryl methyl sites for hydroxylation is 1. The molecule has 1 aromatic carbocycles. The highest BCUT2D eigenvalue weighted by atomic mass is 32.2. The van der Waals surface area contributed by atoms with Crippen molar-refractivity contribution in [3.63, 3.8) is 0 Å². The Morgan fingerprint density at radius 1 is 1.38 bits per heavy atom. The molecule has 110 valence electrons. The topological polar surface area (TPSA) is 110 Å². The zero-order valence-electron chi connectivity index (χ0n) is 11.2. The van der Waals surface area contributed by atoms with Gasteiger partial charge in [-0.15, -0.1) is 16.9 Å². The number of nitrogens with zero attached hydrogens (tertiary/aromatic N) is 4. The molecule has 0 saturated heterocycles. The first-order valence-electron chi connectivity index (χ1n) is 5.99. The van der Waals surface area contributed by atoms with Crippen molar-refractivity contribution < 1.29 is 14.7 Å². The molecule has 0 fully saturated rings. The van der Waals surface area contributed by atoms with Crippen LogP contribution in [-0.2, 0) is 9.59 Å². The first kappa shape index (κ1) is 15.0. The van der Waals surface area contributed by atoms with Crippen molar-refractivity contribution in [2.24, 2.45) is 0 Å². The number of carboxylic acids is 1. The van der Waals surface area contributed by atoms with Crippen LogP contribution in [0.5, 0.6) is 0 Å². The number of nitrogens with one attached hydrogen (secondary N) is 1. The van der Waals surface area contributed by atoms with Gasteiger partial charge in [-0.05, 0) is 35.0 Å². The molecule has 2 rings (SSSR count). The molecule has 0 spiro atoms. The van der Waals surface area contributed by atoms with Gasteiger partial charge >= 0.3 is 5.97 Å². The number of tetrazole rings is 1. The van der Waals surface area contributed by atoms with E-state index in [0.29, 0.717) is 5.69 Å². The van der Waals surface area contributed by atoms with Crippen LogP contribution >= 0.6 is 11.8 Å². The van der Waals surface area contributed by atoms with Gasteiger partial charge in [-0.1, -0.05) is 6.07 Å². The van der Waals surface area contributed by atoms with Gasteiger partial charge in [0, 0.05) is 5.69 Å². The lowest BCUT2D eigenvalue weighted by Crippen LogP contribution is -2.16. The molecule has 0 bridgehead atoms. The molecule has 0 atom stereocenters. The smallest absolute Gasteiger partial charge is 0.313 e. The van der Waals surface area contributed by atoms with Crippen LogP contribution in [0.25, 0.3) is 5.69 Å². The first-order valence-corrected chi connectivity index (χ1v) is 7.15. The summed E-state index contributed by atoms with van der Waals surface area (Å²) in [6, 6.07) is 5.43. The fourth-order valence-corrected chi connectivity index (χ4v) is 2.12. The number of aromatic nitrogens is 4. The van der Waals surface area contributed by atoms with Crippen molar-refractivity contribution >= 4 is 29.3 Å². The zero-order chi connectivity index (χ0) is 15.2. The van der Waals surface area contributed by atoms with Crippen LogP contribution < -0.4 is 5.32 Å². The third-order valence-electron chi connectivity index (χ3n) is 2.57. The summed E-state index contributed by atoms with van der Waals surface area (Å²) in [5.41, 5.74) is 2.26. The molecule has 2 aromatic rings. The van der Waals surface area contributed by atoms with Gasteiger partial charge in [-0.25, -0.2) is 4.68 Å². The van der Waals surface area contributed by atoms with Gasteiger partial charge in [0.15, 0.2) is 0 Å². The highest BCUT2D eigenvalue weighted by Gasteiger charge is 2.08. The van der Waals surface area contributed by atoms with Gasteiger partial charge < -0.3 is 10.4 Å². The molecule has 21 heavy (non-hydrogen) atoms. The molecule has 0 aliphatic carbocycles. The number of hydrogen-bond acceptors (Lipinski definition) is 6. The van der Waals surface area contributed by atoms with Gasteiger partial charge in [0.05, 0.1) is 17.2 Å². The van der Waals surface area contributed by atoms with Crippen LogP contribution in [0.1, 0.15) is 5.56 Å². The van der Waals surface area contributed by atoms with E-state index in [1.807, 2.05) is 19.1 Å². The minimum Gasteiger partial charge on any atom is -0.481 e. The SMILES string of the molecule is Cc1ccc(-n2cnnn2)cc1NC(=O)CSCC(=O)O. The molecule has 0 radical (unpaired) electrons. The van der Waals surface area contributed by atoms with E-state index in [1.54, 1.807) is 6.07 Å². The van der Waals surface area contributed by atoms with Crippen LogP contribution in [0.2, 0.25) is 0 Å². The van der Waals surface area contributed by atoms with E-state index < -0.39 is 5.97 Å². The molecule has 0 aliphatic rings. The number of benzene rings is 1. The second-order valence-electron chi connectivity index (χ2n) is 4.19. The lowest BCUT2D eigenvalue weighted by molar-refractivity contribution is -0.133. The number of anilines is 1. The molecule has 8 nitrogen and oxygen atoms in total. The van der Waals surface area contributed by atoms with Gasteiger partial charge in [0.1, 0.15) is 6.33 Å². The van der Waals surface area contributed by atoms with Crippen molar-refractivity contribution in [1.29, 1.82) is 0 Å². The summed E-state index contributed by atoms with van der Waals surface area (Å²) in [7, 11) is 0. The van der Waals surface area contributed by atoms with Crippen LogP contribution in [0.15, 0.2) is 24.5 Å². The number of rotatable bonds is 6. The molecule has 0 unspecified atom stereocenters. The summed E-state index contributed by atoms with van der Waals surface area (Å²) in [5.74, 6) is -1.21. The molecule has 1 heterocycles. The molecule has 9 heteroatoms. The summed E-state index contributed by atoms with van der Waals surface area (Å²) in [4.78, 5) is 22.2. The van der Waals surface area contributed by atoms with Gasteiger partial charge in [0.25, 0.3) is 0 Å². The highest BCUT2D eigenvalue weighted by Crippen LogP contribution is 2.19. The Bertz CT molecular complexity index is 644. The van der Waals surface area contributed by atoms with E-state index in [0.717, 1.165) is 23.0 Å². The van der Waals surface area contributed by atoms with Crippen molar-refractivity contribution in [1.82, 2.24) is 20.2 Å². The second kappa shape index (κ2) is 6.84. The lowest BCUT2D eigenvalue weighted by atomic mass is 10.2. The quantitative estimate of drug-likeness (QED) is 0.809. The van der Waals surface area contributed by atoms with Gasteiger partial charge in [-0.2, -0.15) is 0 Å². The average Bonchev–Trinajstić information content (AvgIpc) is 2.95. The Labute approximate surface area is 124 Å². The zero-order valence-corrected chi connectivity index (χ0v) is 12.0. The second-order valence-corrected chi connectivity index (χ2v) is 5.17. The van der Waals surface area contributed by atoms with Crippen molar-refractivity contribution in [2.45, 2.75) is 6.92 Å². The predicted octanol–water partition coefficient (Wildman–Crippen LogP) is 0.727. The number of carbonyl (C=O) groups is 2. The minimum atomic E-state index is -0.940. The Hall–Kier alpha value is -2.42. The largest absolute Gasteiger partial charge is 0.481 e. The third kappa shape index (κ3) is 4.28. The molecule has 1 aromatic heterocycles. The van der Waals surface area contributed by atoms with E-state index in [9.17, 15) is 9.59 Å². The van der Waals surface area contributed by atoms with E-state index in [2.05, 4.69) is 20.8 Å². The van der Waals surface area contributed by atoms with Crippen molar-refractivity contribution in [2.75, 3.05) is 16.8 Å². The summed E-state index contributed by atoms with van der Waals surface area (Å²) in [6.45, 7) is 1.86. The molecule has 2 N–H and O–H groups in total. The Kier molecular flexibility index (Phi) is 4.88. The van der Waals surface area contributed by atoms with E-state index in [-0.39, 0.29) is 17.4 Å². The lowest BCUT2D eigenvalue weighted by Gasteiger charge is -2.10.